The van der Waals surface area contributed by atoms with Gasteiger partial charge in [0.25, 0.3) is 0 Å². The van der Waals surface area contributed by atoms with Crippen molar-refractivity contribution < 1.29 is 4.79 Å². The summed E-state index contributed by atoms with van der Waals surface area (Å²) in [6, 6.07) is 22.2. The van der Waals surface area contributed by atoms with Crippen LogP contribution >= 0.6 is 0 Å². The lowest BCUT2D eigenvalue weighted by Gasteiger charge is -2.31. The fraction of sp³-hybridized carbons (Fsp3) is 0.217. The van der Waals surface area contributed by atoms with Crippen molar-refractivity contribution in [3.63, 3.8) is 0 Å². The lowest BCUT2D eigenvalue weighted by atomic mass is 10.0. The second-order valence-corrected chi connectivity index (χ2v) is 6.91. The molecule has 27 heavy (non-hydrogen) atoms. The van der Waals surface area contributed by atoms with E-state index in [1.165, 1.54) is 5.56 Å². The average molecular weight is 355 g/mol. The Bertz CT molecular complexity index is 1030. The summed E-state index contributed by atoms with van der Waals surface area (Å²) in [6.07, 6.45) is 1.10. The first kappa shape index (κ1) is 17.3. The van der Waals surface area contributed by atoms with E-state index in [-0.39, 0.29) is 5.78 Å². The molecule has 0 spiro atoms. The van der Waals surface area contributed by atoms with Gasteiger partial charge in [-0.15, -0.1) is 0 Å². The number of rotatable bonds is 4. The summed E-state index contributed by atoms with van der Waals surface area (Å²) in [5.41, 5.74) is 3.78. The molecule has 4 heteroatoms. The zero-order valence-electron chi connectivity index (χ0n) is 15.4. The lowest BCUT2D eigenvalue weighted by molar-refractivity contribution is 0.101. The molecule has 0 unspecified atom stereocenters. The van der Waals surface area contributed by atoms with Crippen molar-refractivity contribution in [1.29, 1.82) is 5.26 Å². The molecule has 3 aromatic carbocycles. The number of fused-ring (bicyclic) bond motifs is 1. The van der Waals surface area contributed by atoms with Crippen molar-refractivity contribution in [3.8, 4) is 6.07 Å². The van der Waals surface area contributed by atoms with Crippen LogP contribution in [0.4, 0.5) is 5.69 Å². The Morgan fingerprint density at radius 3 is 2.44 bits per heavy atom. The number of carbonyl (C=O) groups is 1. The van der Waals surface area contributed by atoms with E-state index in [9.17, 15) is 10.1 Å². The van der Waals surface area contributed by atoms with E-state index in [0.717, 1.165) is 48.1 Å². The third-order valence-electron chi connectivity index (χ3n) is 5.15. The summed E-state index contributed by atoms with van der Waals surface area (Å²) < 4.78 is 0. The van der Waals surface area contributed by atoms with Gasteiger partial charge < -0.3 is 5.01 Å². The largest absolute Gasteiger partial charge is 0.305 e. The predicted octanol–water partition coefficient (Wildman–Crippen LogP) is 4.54. The first-order valence-electron chi connectivity index (χ1n) is 9.21. The minimum atomic E-state index is 0.0911. The van der Waals surface area contributed by atoms with Crippen LogP contribution in [0.25, 0.3) is 10.8 Å². The zero-order chi connectivity index (χ0) is 18.8. The first-order valence-corrected chi connectivity index (χ1v) is 9.21. The Morgan fingerprint density at radius 2 is 1.74 bits per heavy atom. The van der Waals surface area contributed by atoms with Gasteiger partial charge in [0, 0.05) is 36.0 Å². The molecule has 0 aromatic heterocycles. The Hall–Kier alpha value is -3.16. The van der Waals surface area contributed by atoms with Crippen molar-refractivity contribution >= 4 is 22.2 Å². The number of nitrogens with zero attached hydrogens (tertiary/aromatic N) is 3. The molecule has 3 aromatic rings. The van der Waals surface area contributed by atoms with Gasteiger partial charge in [-0.05, 0) is 31.0 Å². The molecule has 0 N–H and O–H groups in total. The average Bonchev–Trinajstić information content (AvgIpc) is 3.15. The molecule has 1 aliphatic rings. The molecule has 0 atom stereocenters. The summed E-state index contributed by atoms with van der Waals surface area (Å²) in [5.74, 6) is 0.0911. The Balaban J connectivity index is 1.65. The van der Waals surface area contributed by atoms with Gasteiger partial charge in [0.2, 0.25) is 0 Å². The van der Waals surface area contributed by atoms with Gasteiger partial charge in [-0.3, -0.25) is 4.79 Å². The fourth-order valence-electron chi connectivity index (χ4n) is 3.76. The number of Topliss-reactive ketones (excluding diaryl/α,β-unsaturated/α-hetero) is 1. The molecule has 134 valence electrons. The smallest absolute Gasteiger partial charge is 0.159 e. The monoisotopic (exact) mass is 355 g/mol. The van der Waals surface area contributed by atoms with E-state index in [4.69, 9.17) is 0 Å². The Kier molecular flexibility index (Phi) is 4.62. The molecule has 1 aliphatic heterocycles. The van der Waals surface area contributed by atoms with Crippen LogP contribution in [0.1, 0.15) is 34.8 Å². The van der Waals surface area contributed by atoms with E-state index < -0.39 is 0 Å². The fourth-order valence-corrected chi connectivity index (χ4v) is 3.76. The molecule has 1 heterocycles. The molecule has 0 saturated carbocycles. The van der Waals surface area contributed by atoms with Crippen LogP contribution in [0, 0.1) is 11.3 Å². The van der Waals surface area contributed by atoms with E-state index in [1.807, 2.05) is 48.5 Å². The van der Waals surface area contributed by atoms with Crippen LogP contribution in [0.3, 0.4) is 0 Å². The van der Waals surface area contributed by atoms with Crippen LogP contribution in [-0.2, 0) is 6.54 Å². The maximum absolute atomic E-state index is 11.5. The van der Waals surface area contributed by atoms with E-state index in [1.54, 1.807) is 6.92 Å². The topological polar surface area (TPSA) is 47.3 Å². The normalized spacial score (nSPS) is 14.4. The minimum absolute atomic E-state index is 0.0911. The van der Waals surface area contributed by atoms with E-state index in [2.05, 4.69) is 28.2 Å². The summed E-state index contributed by atoms with van der Waals surface area (Å²) in [4.78, 5) is 11.5. The number of ketones is 1. The number of hydrogen-bond donors (Lipinski definition) is 0. The van der Waals surface area contributed by atoms with Crippen LogP contribution < -0.4 is 5.01 Å². The SMILES string of the molecule is CC(=O)c1ccc(CN2CCCN2c2ccc(C#N)c3ccccc23)cc1. The first-order chi connectivity index (χ1) is 13.2. The summed E-state index contributed by atoms with van der Waals surface area (Å²) in [6.45, 7) is 4.34. The summed E-state index contributed by atoms with van der Waals surface area (Å²) in [5, 5.41) is 16.2. The van der Waals surface area contributed by atoms with Crippen molar-refractivity contribution in [3.05, 3.63) is 77.4 Å². The highest BCUT2D eigenvalue weighted by atomic mass is 16.1. The van der Waals surface area contributed by atoms with Crippen molar-refractivity contribution in [2.75, 3.05) is 18.1 Å². The number of benzene rings is 3. The summed E-state index contributed by atoms with van der Waals surface area (Å²) >= 11 is 0. The van der Waals surface area contributed by atoms with Gasteiger partial charge in [-0.2, -0.15) is 5.26 Å². The van der Waals surface area contributed by atoms with Gasteiger partial charge in [-0.25, -0.2) is 5.01 Å². The molecular formula is C23H21N3O. The second kappa shape index (κ2) is 7.22. The molecule has 4 rings (SSSR count). The highest BCUT2D eigenvalue weighted by Gasteiger charge is 2.24. The van der Waals surface area contributed by atoms with Gasteiger partial charge in [0.05, 0.1) is 17.3 Å². The number of hydrazine groups is 1. The lowest BCUT2D eigenvalue weighted by Crippen LogP contribution is -2.36. The van der Waals surface area contributed by atoms with Crippen LogP contribution in [-0.4, -0.2) is 23.9 Å². The molecule has 0 aliphatic carbocycles. The van der Waals surface area contributed by atoms with Crippen LogP contribution in [0.15, 0.2) is 60.7 Å². The zero-order valence-corrected chi connectivity index (χ0v) is 15.4. The number of anilines is 1. The number of carbonyl (C=O) groups excluding carboxylic acids is 1. The highest BCUT2D eigenvalue weighted by molar-refractivity contribution is 5.97. The van der Waals surface area contributed by atoms with Gasteiger partial charge in [0.15, 0.2) is 5.78 Å². The molecule has 0 bridgehead atoms. The van der Waals surface area contributed by atoms with E-state index >= 15 is 0 Å². The molecule has 1 saturated heterocycles. The Labute approximate surface area is 159 Å². The van der Waals surface area contributed by atoms with Crippen molar-refractivity contribution in [1.82, 2.24) is 5.01 Å². The van der Waals surface area contributed by atoms with Crippen LogP contribution in [0.2, 0.25) is 0 Å². The standard InChI is InChI=1S/C23H21N3O/c1-17(27)19-9-7-18(8-10-19)16-25-13-4-14-26(25)23-12-11-20(15-24)21-5-2-3-6-22(21)23/h2-3,5-12H,4,13-14,16H2,1H3. The highest BCUT2D eigenvalue weighted by Crippen LogP contribution is 2.32. The summed E-state index contributed by atoms with van der Waals surface area (Å²) in [7, 11) is 0. The molecule has 0 amide bonds. The minimum Gasteiger partial charge on any atom is -0.305 e. The second-order valence-electron chi connectivity index (χ2n) is 6.91. The predicted molar refractivity (Wildman–Crippen MR) is 107 cm³/mol. The number of nitriles is 1. The van der Waals surface area contributed by atoms with Crippen molar-refractivity contribution in [2.45, 2.75) is 19.9 Å². The molecule has 4 nitrogen and oxygen atoms in total. The molecule has 1 fully saturated rings. The van der Waals surface area contributed by atoms with Gasteiger partial charge in [-0.1, -0.05) is 48.5 Å². The maximum atomic E-state index is 11.5. The molecule has 0 radical (unpaired) electrons. The Morgan fingerprint density at radius 1 is 1.00 bits per heavy atom. The van der Waals surface area contributed by atoms with Crippen LogP contribution in [0.5, 0.6) is 0 Å². The maximum Gasteiger partial charge on any atom is 0.159 e. The van der Waals surface area contributed by atoms with Crippen molar-refractivity contribution in [2.24, 2.45) is 0 Å². The molecular weight excluding hydrogens is 334 g/mol. The third kappa shape index (κ3) is 3.30. The van der Waals surface area contributed by atoms with Gasteiger partial charge >= 0.3 is 0 Å². The quantitative estimate of drug-likeness (QED) is 0.645. The third-order valence-corrected chi connectivity index (χ3v) is 5.15. The van der Waals surface area contributed by atoms with Gasteiger partial charge in [0.1, 0.15) is 0 Å². The van der Waals surface area contributed by atoms with E-state index in [0.29, 0.717) is 5.56 Å². The number of hydrogen-bond acceptors (Lipinski definition) is 4.